The van der Waals surface area contributed by atoms with E-state index in [9.17, 15) is 4.39 Å². The zero-order chi connectivity index (χ0) is 20.2. The third kappa shape index (κ3) is 4.52. The summed E-state index contributed by atoms with van der Waals surface area (Å²) >= 11 is 0. The molecule has 0 unspecified atom stereocenters. The first kappa shape index (κ1) is 19.7. The second kappa shape index (κ2) is 8.80. The predicted molar refractivity (Wildman–Crippen MR) is 108 cm³/mol. The largest absolute Gasteiger partial charge is 0.326 e. The van der Waals surface area contributed by atoms with Gasteiger partial charge < -0.3 is 9.80 Å². The third-order valence-electron chi connectivity index (χ3n) is 5.98. The highest BCUT2D eigenvalue weighted by molar-refractivity contribution is 5.26. The molecule has 2 aromatic carbocycles. The monoisotopic (exact) mass is 396 g/mol. The van der Waals surface area contributed by atoms with Crippen molar-refractivity contribution in [2.45, 2.75) is 26.4 Å². The molecule has 0 bridgehead atoms. The van der Waals surface area contributed by atoms with E-state index in [-0.39, 0.29) is 11.9 Å². The van der Waals surface area contributed by atoms with Crippen LogP contribution in [0.3, 0.4) is 0 Å². The van der Waals surface area contributed by atoms with Crippen molar-refractivity contribution in [1.82, 2.24) is 20.2 Å². The standard InChI is InChI=1S/C22H27FN6/c1-3-27-12-14-28(15-13-27)21(19-8-4-17(2)5-9-19)22-24-25-26-29(22)16-18-6-10-20(23)11-7-18/h4-11,21H,3,12-16H2,1-2H3/p+2/t21-/m0/s1. The van der Waals surface area contributed by atoms with Crippen LogP contribution in [0.2, 0.25) is 0 Å². The Morgan fingerprint density at radius 1 is 1.00 bits per heavy atom. The molecule has 7 heteroatoms. The molecule has 6 nitrogen and oxygen atoms in total. The van der Waals surface area contributed by atoms with E-state index < -0.39 is 0 Å². The lowest BCUT2D eigenvalue weighted by molar-refractivity contribution is -1.02. The fraction of sp³-hybridized carbons (Fsp3) is 0.409. The fourth-order valence-corrected chi connectivity index (χ4v) is 4.19. The number of aryl methyl sites for hydroxylation is 1. The van der Waals surface area contributed by atoms with Gasteiger partial charge in [-0.2, -0.15) is 0 Å². The van der Waals surface area contributed by atoms with Crippen molar-refractivity contribution in [2.24, 2.45) is 0 Å². The minimum Gasteiger partial charge on any atom is -0.326 e. The SMILES string of the molecule is CC[NH+]1CC[NH+]([C@@H](c2ccc(C)cc2)c2nnnn2Cc2ccc(F)cc2)CC1. The van der Waals surface area contributed by atoms with Gasteiger partial charge in [-0.3, -0.25) is 0 Å². The first-order chi connectivity index (χ1) is 14.1. The van der Waals surface area contributed by atoms with Crippen LogP contribution in [0.4, 0.5) is 4.39 Å². The lowest BCUT2D eigenvalue weighted by atomic mass is 10.0. The number of quaternary nitrogens is 2. The zero-order valence-corrected chi connectivity index (χ0v) is 17.1. The van der Waals surface area contributed by atoms with Gasteiger partial charge in [-0.25, -0.2) is 9.07 Å². The molecule has 152 valence electrons. The summed E-state index contributed by atoms with van der Waals surface area (Å²) < 4.78 is 15.1. The minimum absolute atomic E-state index is 0.0875. The molecule has 2 N–H and O–H groups in total. The third-order valence-corrected chi connectivity index (χ3v) is 5.98. The molecule has 1 saturated heterocycles. The summed E-state index contributed by atoms with van der Waals surface area (Å²) in [4.78, 5) is 3.16. The maximum atomic E-state index is 13.3. The smallest absolute Gasteiger partial charge is 0.214 e. The van der Waals surface area contributed by atoms with Gasteiger partial charge in [0.05, 0.1) is 13.1 Å². The maximum Gasteiger partial charge on any atom is 0.214 e. The van der Waals surface area contributed by atoms with Crippen molar-refractivity contribution in [1.29, 1.82) is 0 Å². The molecule has 1 aliphatic heterocycles. The van der Waals surface area contributed by atoms with Crippen molar-refractivity contribution in [3.8, 4) is 0 Å². The topological polar surface area (TPSA) is 52.5 Å². The summed E-state index contributed by atoms with van der Waals surface area (Å²) in [5.74, 6) is 0.636. The molecule has 0 radical (unpaired) electrons. The van der Waals surface area contributed by atoms with E-state index in [1.54, 1.807) is 17.0 Å². The molecular formula is C22H29FN6+2. The number of hydrogen-bond acceptors (Lipinski definition) is 3. The van der Waals surface area contributed by atoms with Gasteiger partial charge in [0.15, 0.2) is 6.04 Å². The highest BCUT2D eigenvalue weighted by atomic mass is 19.1. The lowest BCUT2D eigenvalue weighted by Crippen LogP contribution is -3.28. The normalized spacial score (nSPS) is 20.5. The number of hydrogen-bond donors (Lipinski definition) is 2. The molecule has 0 amide bonds. The molecule has 3 aromatic rings. The van der Waals surface area contributed by atoms with Crippen LogP contribution < -0.4 is 9.80 Å². The summed E-state index contributed by atoms with van der Waals surface area (Å²) in [5.41, 5.74) is 3.47. The van der Waals surface area contributed by atoms with Gasteiger partial charge >= 0.3 is 0 Å². The van der Waals surface area contributed by atoms with E-state index in [0.29, 0.717) is 6.54 Å². The molecule has 1 aromatic heterocycles. The molecule has 0 aliphatic carbocycles. The minimum atomic E-state index is -0.232. The second-order valence-electron chi connectivity index (χ2n) is 7.93. The van der Waals surface area contributed by atoms with Crippen molar-refractivity contribution < 1.29 is 14.2 Å². The highest BCUT2D eigenvalue weighted by Crippen LogP contribution is 2.19. The summed E-state index contributed by atoms with van der Waals surface area (Å²) in [5, 5.41) is 12.7. The van der Waals surface area contributed by atoms with E-state index in [1.165, 1.54) is 34.7 Å². The molecule has 1 atom stereocenters. The average Bonchev–Trinajstić information content (AvgIpc) is 3.19. The van der Waals surface area contributed by atoms with E-state index >= 15 is 0 Å². The van der Waals surface area contributed by atoms with E-state index in [0.717, 1.165) is 37.6 Å². The van der Waals surface area contributed by atoms with Crippen molar-refractivity contribution in [2.75, 3.05) is 32.7 Å². The maximum absolute atomic E-state index is 13.3. The van der Waals surface area contributed by atoms with Crippen LogP contribution in [-0.4, -0.2) is 52.9 Å². The lowest BCUT2D eigenvalue weighted by Gasteiger charge is -2.33. The van der Waals surface area contributed by atoms with Gasteiger partial charge in [0, 0.05) is 5.56 Å². The Balaban J connectivity index is 1.65. The van der Waals surface area contributed by atoms with Crippen LogP contribution in [0.1, 0.15) is 35.5 Å². The van der Waals surface area contributed by atoms with Crippen molar-refractivity contribution in [3.63, 3.8) is 0 Å². The number of tetrazole rings is 1. The van der Waals surface area contributed by atoms with E-state index in [1.807, 2.05) is 4.68 Å². The molecular weight excluding hydrogens is 367 g/mol. The van der Waals surface area contributed by atoms with Crippen molar-refractivity contribution in [3.05, 3.63) is 76.9 Å². The summed E-state index contributed by atoms with van der Waals surface area (Å²) in [6.45, 7) is 10.6. The Hall–Kier alpha value is -2.64. The summed E-state index contributed by atoms with van der Waals surface area (Å²) in [6.07, 6.45) is 0. The van der Waals surface area contributed by atoms with Crippen LogP contribution in [0, 0.1) is 12.7 Å². The number of piperazine rings is 1. The van der Waals surface area contributed by atoms with E-state index in [4.69, 9.17) is 0 Å². The first-order valence-electron chi connectivity index (χ1n) is 10.4. The number of benzene rings is 2. The Kier molecular flexibility index (Phi) is 5.97. The van der Waals surface area contributed by atoms with Crippen LogP contribution in [0.15, 0.2) is 48.5 Å². The molecule has 0 spiro atoms. The Labute approximate surface area is 170 Å². The van der Waals surface area contributed by atoms with Gasteiger partial charge in [0.25, 0.3) is 0 Å². The second-order valence-corrected chi connectivity index (χ2v) is 7.93. The van der Waals surface area contributed by atoms with Crippen LogP contribution in [-0.2, 0) is 6.54 Å². The number of nitrogens with zero attached hydrogens (tertiary/aromatic N) is 4. The molecule has 1 aliphatic rings. The fourth-order valence-electron chi connectivity index (χ4n) is 4.19. The predicted octanol–water partition coefficient (Wildman–Crippen LogP) is 0.0616. The quantitative estimate of drug-likeness (QED) is 0.620. The van der Waals surface area contributed by atoms with Gasteiger partial charge in [0.2, 0.25) is 5.82 Å². The Morgan fingerprint density at radius 3 is 2.34 bits per heavy atom. The average molecular weight is 397 g/mol. The van der Waals surface area contributed by atoms with Gasteiger partial charge in [-0.05, 0) is 42.0 Å². The summed E-state index contributed by atoms with van der Waals surface area (Å²) in [7, 11) is 0. The Bertz CT molecular complexity index is 913. The van der Waals surface area contributed by atoms with Gasteiger partial charge in [-0.1, -0.05) is 42.0 Å². The number of nitrogens with one attached hydrogen (secondary N) is 2. The first-order valence-corrected chi connectivity index (χ1v) is 10.4. The molecule has 1 fully saturated rings. The molecule has 4 rings (SSSR count). The van der Waals surface area contributed by atoms with Crippen LogP contribution in [0.25, 0.3) is 0 Å². The Morgan fingerprint density at radius 2 is 1.69 bits per heavy atom. The highest BCUT2D eigenvalue weighted by Gasteiger charge is 2.35. The van der Waals surface area contributed by atoms with Crippen LogP contribution in [0.5, 0.6) is 0 Å². The van der Waals surface area contributed by atoms with Gasteiger partial charge in [-0.15, -0.1) is 5.10 Å². The number of aromatic nitrogens is 4. The van der Waals surface area contributed by atoms with E-state index in [2.05, 4.69) is 53.6 Å². The molecule has 2 heterocycles. The number of rotatable bonds is 6. The van der Waals surface area contributed by atoms with Gasteiger partial charge in [0.1, 0.15) is 32.0 Å². The number of likely N-dealkylation sites (N-methyl/N-ethyl adjacent to an activating group) is 1. The molecule has 29 heavy (non-hydrogen) atoms. The molecule has 0 saturated carbocycles. The summed E-state index contributed by atoms with van der Waals surface area (Å²) in [6, 6.07) is 15.3. The zero-order valence-electron chi connectivity index (χ0n) is 17.1. The van der Waals surface area contributed by atoms with Crippen LogP contribution >= 0.6 is 0 Å². The number of halogens is 1. The van der Waals surface area contributed by atoms with Crippen molar-refractivity contribution >= 4 is 0 Å².